The number of hydrogen-bond donors (Lipinski definition) is 5. The highest BCUT2D eigenvalue weighted by Crippen LogP contribution is 2.19. The molecule has 1 saturated heterocycles. The number of carboxylic acid groups (broad SMARTS) is 1. The molecule has 0 aromatic carbocycles. The third-order valence-corrected chi connectivity index (χ3v) is 5.76. The summed E-state index contributed by atoms with van der Waals surface area (Å²) in [6, 6.07) is -3.91. The van der Waals surface area contributed by atoms with Crippen molar-refractivity contribution in [2.24, 2.45) is 11.7 Å². The average molecular weight is 447 g/mol. The van der Waals surface area contributed by atoms with Crippen molar-refractivity contribution in [2.45, 2.75) is 70.3 Å². The summed E-state index contributed by atoms with van der Waals surface area (Å²) in [6.07, 6.45) is 2.08. The van der Waals surface area contributed by atoms with Gasteiger partial charge >= 0.3 is 5.97 Å². The molecule has 1 aliphatic rings. The number of nitrogens with zero attached hydrogens (tertiary/aromatic N) is 1. The molecule has 5 atom stereocenters. The van der Waals surface area contributed by atoms with E-state index in [1.54, 1.807) is 13.8 Å². The van der Waals surface area contributed by atoms with Crippen molar-refractivity contribution in [3.8, 4) is 0 Å². The summed E-state index contributed by atoms with van der Waals surface area (Å²) in [5.74, 6) is -2.46. The zero-order valence-corrected chi connectivity index (χ0v) is 18.8. The number of aliphatic carboxylic acids is 1. The molecule has 1 rings (SSSR count). The van der Waals surface area contributed by atoms with E-state index in [1.807, 2.05) is 6.26 Å². The van der Waals surface area contributed by atoms with Gasteiger partial charge in [0.25, 0.3) is 0 Å². The third-order valence-electron chi connectivity index (χ3n) is 5.12. The lowest BCUT2D eigenvalue weighted by molar-refractivity contribution is -0.144. The van der Waals surface area contributed by atoms with Crippen molar-refractivity contribution < 1.29 is 29.4 Å². The maximum Gasteiger partial charge on any atom is 0.326 e. The van der Waals surface area contributed by atoms with Crippen molar-refractivity contribution in [3.63, 3.8) is 0 Å². The van der Waals surface area contributed by atoms with Gasteiger partial charge in [0.05, 0.1) is 6.10 Å². The molecular formula is C19H34N4O6S. The van der Waals surface area contributed by atoms with Gasteiger partial charge in [-0.2, -0.15) is 11.8 Å². The zero-order chi connectivity index (χ0) is 23.0. The Hall–Kier alpha value is -1.85. The molecule has 172 valence electrons. The van der Waals surface area contributed by atoms with E-state index in [1.165, 1.54) is 23.6 Å². The SMILES string of the molecule is CSCCC(NC(=O)C(NC(=O)C1CCCN1C(=O)C(N)C(C)O)C(C)C)C(=O)O. The van der Waals surface area contributed by atoms with Crippen LogP contribution in [0, 0.1) is 5.92 Å². The van der Waals surface area contributed by atoms with Crippen molar-refractivity contribution in [2.75, 3.05) is 18.6 Å². The van der Waals surface area contributed by atoms with Crippen LogP contribution in [0.3, 0.4) is 0 Å². The van der Waals surface area contributed by atoms with E-state index in [9.17, 15) is 29.4 Å². The second-order valence-corrected chi connectivity index (χ2v) is 8.85. The van der Waals surface area contributed by atoms with Crippen molar-refractivity contribution in [1.29, 1.82) is 0 Å². The summed E-state index contributed by atoms with van der Waals surface area (Å²) in [5, 5.41) is 24.1. The summed E-state index contributed by atoms with van der Waals surface area (Å²) in [7, 11) is 0. The molecule has 0 aromatic rings. The number of aliphatic hydroxyl groups excluding tert-OH is 1. The Labute approximate surface area is 181 Å². The van der Waals surface area contributed by atoms with E-state index in [4.69, 9.17) is 5.73 Å². The van der Waals surface area contributed by atoms with Gasteiger partial charge in [0.2, 0.25) is 17.7 Å². The molecule has 1 heterocycles. The standard InChI is InChI=1S/C19H34N4O6S/c1-10(2)15(17(26)21-12(19(28)29)7-9-30-4)22-16(25)13-6-5-8-23(13)18(27)14(20)11(3)24/h10-15,24H,5-9,20H2,1-4H3,(H,21,26)(H,22,25)(H,28,29). The van der Waals surface area contributed by atoms with Gasteiger partial charge < -0.3 is 31.5 Å². The Bertz CT molecular complexity index is 630. The van der Waals surface area contributed by atoms with Gasteiger partial charge in [-0.15, -0.1) is 0 Å². The van der Waals surface area contributed by atoms with E-state index in [2.05, 4.69) is 10.6 Å². The first-order valence-corrected chi connectivity index (χ1v) is 11.5. The predicted octanol–water partition coefficient (Wildman–Crippen LogP) is -0.851. The molecule has 1 aliphatic heterocycles. The smallest absolute Gasteiger partial charge is 0.326 e. The topological polar surface area (TPSA) is 162 Å². The number of amides is 3. The molecule has 0 aromatic heterocycles. The lowest BCUT2D eigenvalue weighted by Crippen LogP contribution is -2.58. The number of nitrogens with two attached hydrogens (primary N) is 1. The van der Waals surface area contributed by atoms with E-state index in [0.717, 1.165) is 0 Å². The first-order chi connectivity index (χ1) is 14.0. The second kappa shape index (κ2) is 12.1. The first-order valence-electron chi connectivity index (χ1n) is 10.1. The molecule has 10 nitrogen and oxygen atoms in total. The van der Waals surface area contributed by atoms with Gasteiger partial charge in [0, 0.05) is 6.54 Å². The van der Waals surface area contributed by atoms with E-state index < -0.39 is 54.0 Å². The number of rotatable bonds is 11. The van der Waals surface area contributed by atoms with Crippen molar-refractivity contribution in [3.05, 3.63) is 0 Å². The van der Waals surface area contributed by atoms with Gasteiger partial charge in [-0.25, -0.2) is 4.79 Å². The molecule has 0 saturated carbocycles. The molecule has 0 radical (unpaired) electrons. The Balaban J connectivity index is 2.86. The fourth-order valence-corrected chi connectivity index (χ4v) is 3.71. The quantitative estimate of drug-likeness (QED) is 0.274. The number of carbonyl (C=O) groups is 4. The lowest BCUT2D eigenvalue weighted by atomic mass is 10.0. The number of thioether (sulfide) groups is 1. The van der Waals surface area contributed by atoms with E-state index in [0.29, 0.717) is 25.1 Å². The maximum absolute atomic E-state index is 12.9. The van der Waals surface area contributed by atoms with Crippen LogP contribution in [0.25, 0.3) is 0 Å². The highest BCUT2D eigenvalue weighted by Gasteiger charge is 2.39. The van der Waals surface area contributed by atoms with Crippen molar-refractivity contribution in [1.82, 2.24) is 15.5 Å². The summed E-state index contributed by atoms with van der Waals surface area (Å²) in [6.45, 7) is 5.22. The summed E-state index contributed by atoms with van der Waals surface area (Å²) < 4.78 is 0. The van der Waals surface area contributed by atoms with Crippen LogP contribution < -0.4 is 16.4 Å². The molecule has 1 fully saturated rings. The molecular weight excluding hydrogens is 412 g/mol. The Morgan fingerprint density at radius 1 is 1.20 bits per heavy atom. The zero-order valence-electron chi connectivity index (χ0n) is 18.0. The molecule has 0 aliphatic carbocycles. The van der Waals surface area contributed by atoms with Crippen LogP contribution >= 0.6 is 11.8 Å². The van der Waals surface area contributed by atoms with Gasteiger partial charge in [0.1, 0.15) is 24.2 Å². The molecule has 11 heteroatoms. The number of nitrogens with one attached hydrogen (secondary N) is 2. The van der Waals surface area contributed by atoms with Gasteiger partial charge in [-0.1, -0.05) is 13.8 Å². The molecule has 3 amide bonds. The summed E-state index contributed by atoms with van der Waals surface area (Å²) in [5.41, 5.74) is 5.73. The Morgan fingerprint density at radius 2 is 1.83 bits per heavy atom. The predicted molar refractivity (Wildman–Crippen MR) is 114 cm³/mol. The number of likely N-dealkylation sites (tertiary alicyclic amines) is 1. The number of hydrogen-bond acceptors (Lipinski definition) is 7. The van der Waals surface area contributed by atoms with Crippen LogP contribution in [-0.4, -0.2) is 87.6 Å². The fourth-order valence-electron chi connectivity index (χ4n) is 3.24. The van der Waals surface area contributed by atoms with E-state index in [-0.39, 0.29) is 12.3 Å². The number of aliphatic hydroxyl groups is 1. The highest BCUT2D eigenvalue weighted by molar-refractivity contribution is 7.98. The Kier molecular flexibility index (Phi) is 10.6. The minimum Gasteiger partial charge on any atom is -0.480 e. The normalized spacial score (nSPS) is 20.4. The minimum absolute atomic E-state index is 0.267. The molecule has 5 unspecified atom stereocenters. The van der Waals surface area contributed by atoms with E-state index >= 15 is 0 Å². The fraction of sp³-hybridized carbons (Fsp3) is 0.789. The number of carbonyl (C=O) groups excluding carboxylic acids is 3. The third kappa shape index (κ3) is 7.13. The average Bonchev–Trinajstić information content (AvgIpc) is 3.16. The highest BCUT2D eigenvalue weighted by atomic mass is 32.2. The monoisotopic (exact) mass is 446 g/mol. The van der Waals surface area contributed by atoms with Crippen LogP contribution in [0.1, 0.15) is 40.0 Å². The van der Waals surface area contributed by atoms with Gasteiger partial charge in [0.15, 0.2) is 0 Å². The van der Waals surface area contributed by atoms with Crippen molar-refractivity contribution >= 4 is 35.5 Å². The first kappa shape index (κ1) is 26.2. The second-order valence-electron chi connectivity index (χ2n) is 7.87. The Morgan fingerprint density at radius 3 is 2.33 bits per heavy atom. The van der Waals surface area contributed by atoms with Crippen LogP contribution in [0.15, 0.2) is 0 Å². The lowest BCUT2D eigenvalue weighted by Gasteiger charge is -2.30. The van der Waals surface area contributed by atoms with Crippen LogP contribution in [0.4, 0.5) is 0 Å². The van der Waals surface area contributed by atoms with Crippen LogP contribution in [-0.2, 0) is 19.2 Å². The minimum atomic E-state index is -1.13. The molecule has 0 bridgehead atoms. The van der Waals surface area contributed by atoms with Gasteiger partial charge in [-0.05, 0) is 44.1 Å². The van der Waals surface area contributed by atoms with Crippen LogP contribution in [0.2, 0.25) is 0 Å². The molecule has 30 heavy (non-hydrogen) atoms. The van der Waals surface area contributed by atoms with Gasteiger partial charge in [-0.3, -0.25) is 14.4 Å². The summed E-state index contributed by atoms with van der Waals surface area (Å²) in [4.78, 5) is 50.8. The van der Waals surface area contributed by atoms with Crippen LogP contribution in [0.5, 0.6) is 0 Å². The molecule has 6 N–H and O–H groups in total. The number of carboxylic acids is 1. The molecule has 0 spiro atoms. The largest absolute Gasteiger partial charge is 0.480 e. The maximum atomic E-state index is 12.9. The summed E-state index contributed by atoms with van der Waals surface area (Å²) >= 11 is 1.47.